The van der Waals surface area contributed by atoms with E-state index in [9.17, 15) is 19.7 Å². The summed E-state index contributed by atoms with van der Waals surface area (Å²) in [5.41, 5.74) is 1.64. The first kappa shape index (κ1) is 25.9. The number of carbonyl (C=O) groups is 1. The molecule has 39 heavy (non-hydrogen) atoms. The molecule has 0 saturated heterocycles. The van der Waals surface area contributed by atoms with Gasteiger partial charge in [-0.1, -0.05) is 29.5 Å². The second-order valence-corrected chi connectivity index (χ2v) is 9.56. The predicted octanol–water partition coefficient (Wildman–Crippen LogP) is 3.98. The van der Waals surface area contributed by atoms with Gasteiger partial charge >= 0.3 is 5.97 Å². The zero-order valence-corrected chi connectivity index (χ0v) is 22.1. The standard InChI is InChI=1S/C28H23N3O7S/c1-4-37-27(33)24-16(2)29-28-30(25(24)20-7-5-6-8-22(20)36-3)26(32)23(39-28)15-19-13-14-21(38-19)17-9-11-18(12-10-17)31(34)35/h5-15,25H,4H2,1-3H3/b23-15+/t25-/m0/s1. The van der Waals surface area contributed by atoms with Crippen molar-refractivity contribution in [1.82, 2.24) is 4.57 Å². The van der Waals surface area contributed by atoms with Crippen LogP contribution >= 0.6 is 11.3 Å². The number of ether oxygens (including phenoxy) is 2. The molecule has 11 heteroatoms. The highest BCUT2D eigenvalue weighted by molar-refractivity contribution is 7.07. The van der Waals surface area contributed by atoms with Gasteiger partial charge in [-0.15, -0.1) is 0 Å². The van der Waals surface area contributed by atoms with Crippen LogP contribution in [0.1, 0.15) is 31.2 Å². The zero-order chi connectivity index (χ0) is 27.7. The first-order chi connectivity index (χ1) is 18.8. The zero-order valence-electron chi connectivity index (χ0n) is 21.2. The number of methoxy groups -OCH3 is 1. The van der Waals surface area contributed by atoms with E-state index in [2.05, 4.69) is 4.99 Å². The SMILES string of the molecule is CCOC(=O)C1=C(C)N=c2s/c(=C/c3ccc(-c4ccc([N+](=O)[O-])cc4)o3)c(=O)n2[C@H]1c1ccccc1OC. The third kappa shape index (κ3) is 4.79. The van der Waals surface area contributed by atoms with Crippen molar-refractivity contribution in [1.29, 1.82) is 0 Å². The molecule has 0 N–H and O–H groups in total. The average molecular weight is 546 g/mol. The Balaban J connectivity index is 1.62. The van der Waals surface area contributed by atoms with Crippen LogP contribution < -0.4 is 19.6 Å². The summed E-state index contributed by atoms with van der Waals surface area (Å²) in [7, 11) is 1.53. The Morgan fingerprint density at radius 3 is 2.62 bits per heavy atom. The largest absolute Gasteiger partial charge is 0.496 e. The number of nitro groups is 1. The molecule has 2 aromatic heterocycles. The minimum absolute atomic E-state index is 0.0197. The number of esters is 1. The molecule has 1 aliphatic rings. The van der Waals surface area contributed by atoms with Crippen molar-refractivity contribution in [2.75, 3.05) is 13.7 Å². The van der Waals surface area contributed by atoms with Gasteiger partial charge in [0.15, 0.2) is 4.80 Å². The van der Waals surface area contributed by atoms with Gasteiger partial charge in [0.1, 0.15) is 23.3 Å². The van der Waals surface area contributed by atoms with Crippen LogP contribution in [0, 0.1) is 10.1 Å². The number of hydrogen-bond donors (Lipinski definition) is 0. The van der Waals surface area contributed by atoms with Gasteiger partial charge < -0.3 is 13.9 Å². The molecule has 0 saturated carbocycles. The second kappa shape index (κ2) is 10.5. The highest BCUT2D eigenvalue weighted by atomic mass is 32.1. The smallest absolute Gasteiger partial charge is 0.338 e. The lowest BCUT2D eigenvalue weighted by molar-refractivity contribution is -0.384. The van der Waals surface area contributed by atoms with E-state index in [-0.39, 0.29) is 23.4 Å². The molecule has 0 fully saturated rings. The quantitative estimate of drug-likeness (QED) is 0.195. The normalized spacial score (nSPS) is 15.1. The molecule has 198 valence electrons. The lowest BCUT2D eigenvalue weighted by atomic mass is 9.95. The molecular weight excluding hydrogens is 522 g/mol. The van der Waals surface area contributed by atoms with Crippen molar-refractivity contribution in [2.24, 2.45) is 4.99 Å². The van der Waals surface area contributed by atoms with Crippen LogP contribution in [0.4, 0.5) is 5.69 Å². The van der Waals surface area contributed by atoms with Crippen molar-refractivity contribution < 1.29 is 23.6 Å². The highest BCUT2D eigenvalue weighted by Gasteiger charge is 2.35. The lowest BCUT2D eigenvalue weighted by Gasteiger charge is -2.25. The fraction of sp³-hybridized carbons (Fsp3) is 0.179. The first-order valence-corrected chi connectivity index (χ1v) is 12.8. The number of hydrogen-bond acceptors (Lipinski definition) is 9. The van der Waals surface area contributed by atoms with Gasteiger partial charge in [0.2, 0.25) is 0 Å². The van der Waals surface area contributed by atoms with Crippen LogP contribution in [0.5, 0.6) is 5.75 Å². The van der Waals surface area contributed by atoms with E-state index in [1.807, 2.05) is 18.2 Å². The fourth-order valence-electron chi connectivity index (χ4n) is 4.44. The number of nitro benzene ring substituents is 1. The maximum atomic E-state index is 13.8. The Morgan fingerprint density at radius 2 is 1.92 bits per heavy atom. The maximum Gasteiger partial charge on any atom is 0.338 e. The van der Waals surface area contributed by atoms with Gasteiger partial charge in [-0.25, -0.2) is 9.79 Å². The summed E-state index contributed by atoms with van der Waals surface area (Å²) in [4.78, 5) is 42.3. The number of benzene rings is 2. The van der Waals surface area contributed by atoms with Crippen molar-refractivity contribution in [3.05, 3.63) is 113 Å². The summed E-state index contributed by atoms with van der Waals surface area (Å²) in [6.07, 6.45) is 1.61. The number of fused-ring (bicyclic) bond motifs is 1. The summed E-state index contributed by atoms with van der Waals surface area (Å²) in [5.74, 6) is 0.884. The summed E-state index contributed by atoms with van der Waals surface area (Å²) < 4.78 is 18.7. The number of nitrogens with zero attached hydrogens (tertiary/aromatic N) is 3. The third-order valence-corrected chi connectivity index (χ3v) is 7.20. The Bertz CT molecular complexity index is 1800. The van der Waals surface area contributed by atoms with E-state index in [0.29, 0.717) is 43.4 Å². The molecule has 0 bridgehead atoms. The van der Waals surface area contributed by atoms with E-state index in [1.54, 1.807) is 50.3 Å². The van der Waals surface area contributed by atoms with Gasteiger partial charge in [0.25, 0.3) is 11.2 Å². The second-order valence-electron chi connectivity index (χ2n) is 8.55. The first-order valence-electron chi connectivity index (χ1n) is 12.0. The molecule has 1 atom stereocenters. The van der Waals surface area contributed by atoms with Gasteiger partial charge in [0, 0.05) is 29.3 Å². The van der Waals surface area contributed by atoms with Crippen LogP contribution in [0.2, 0.25) is 0 Å². The third-order valence-electron chi connectivity index (χ3n) is 6.21. The minimum Gasteiger partial charge on any atom is -0.496 e. The van der Waals surface area contributed by atoms with E-state index >= 15 is 0 Å². The summed E-state index contributed by atoms with van der Waals surface area (Å²) in [6.45, 7) is 3.61. The van der Waals surface area contributed by atoms with Crippen molar-refractivity contribution in [3.63, 3.8) is 0 Å². The van der Waals surface area contributed by atoms with Crippen LogP contribution in [-0.2, 0) is 9.53 Å². The van der Waals surface area contributed by atoms with E-state index in [1.165, 1.54) is 35.1 Å². The summed E-state index contributed by atoms with van der Waals surface area (Å²) in [6, 6.07) is 15.8. The Labute approximate surface area is 225 Å². The van der Waals surface area contributed by atoms with Crippen molar-refractivity contribution in [3.8, 4) is 17.1 Å². The Hall–Kier alpha value is -4.77. The maximum absolute atomic E-state index is 13.8. The molecule has 3 heterocycles. The minimum atomic E-state index is -0.800. The molecule has 4 aromatic rings. The lowest BCUT2D eigenvalue weighted by Crippen LogP contribution is -2.40. The van der Waals surface area contributed by atoms with Crippen LogP contribution in [0.15, 0.2) is 86.1 Å². The molecule has 5 rings (SSSR count). The molecule has 0 spiro atoms. The monoisotopic (exact) mass is 545 g/mol. The number of aromatic nitrogens is 1. The predicted molar refractivity (Wildman–Crippen MR) is 144 cm³/mol. The van der Waals surface area contributed by atoms with E-state index in [0.717, 1.165) is 0 Å². The molecule has 2 aromatic carbocycles. The van der Waals surface area contributed by atoms with Gasteiger partial charge in [0.05, 0.1) is 34.4 Å². The van der Waals surface area contributed by atoms with Gasteiger partial charge in [-0.2, -0.15) is 0 Å². The molecule has 0 radical (unpaired) electrons. The average Bonchev–Trinajstić information content (AvgIpc) is 3.52. The molecular formula is C28H23N3O7S. The number of para-hydroxylation sites is 1. The fourth-order valence-corrected chi connectivity index (χ4v) is 5.47. The number of carbonyl (C=O) groups excluding carboxylic acids is 1. The Morgan fingerprint density at radius 1 is 1.18 bits per heavy atom. The molecule has 0 amide bonds. The molecule has 10 nitrogen and oxygen atoms in total. The van der Waals surface area contributed by atoms with E-state index in [4.69, 9.17) is 13.9 Å². The summed E-state index contributed by atoms with van der Waals surface area (Å²) in [5, 5.41) is 10.9. The van der Waals surface area contributed by atoms with Gasteiger partial charge in [-0.05, 0) is 44.2 Å². The molecule has 0 aliphatic carbocycles. The molecule has 0 unspecified atom stereocenters. The number of allylic oxidation sites excluding steroid dienone is 1. The van der Waals surface area contributed by atoms with Crippen LogP contribution in [-0.4, -0.2) is 29.2 Å². The number of furan rings is 1. The summed E-state index contributed by atoms with van der Waals surface area (Å²) >= 11 is 1.18. The van der Waals surface area contributed by atoms with Crippen LogP contribution in [0.3, 0.4) is 0 Å². The van der Waals surface area contributed by atoms with Crippen LogP contribution in [0.25, 0.3) is 17.4 Å². The number of rotatable bonds is 7. The van der Waals surface area contributed by atoms with Crippen molar-refractivity contribution >= 4 is 29.1 Å². The van der Waals surface area contributed by atoms with Gasteiger partial charge in [-0.3, -0.25) is 19.5 Å². The van der Waals surface area contributed by atoms with Crippen molar-refractivity contribution in [2.45, 2.75) is 19.9 Å². The number of thiazole rings is 1. The topological polar surface area (TPSA) is 126 Å². The van der Waals surface area contributed by atoms with E-state index < -0.39 is 16.9 Å². The number of non-ortho nitro benzene ring substituents is 1. The molecule has 1 aliphatic heterocycles. The Kier molecular flexibility index (Phi) is 6.99. The highest BCUT2D eigenvalue weighted by Crippen LogP contribution is 2.35.